The van der Waals surface area contributed by atoms with Gasteiger partial charge >= 0.3 is 0 Å². The number of nitrogens with zero attached hydrogens (tertiary/aromatic N) is 1. The molecule has 2 heterocycles. The highest BCUT2D eigenvalue weighted by atomic mass is 16.3. The van der Waals surface area contributed by atoms with Crippen LogP contribution < -0.4 is 0 Å². The normalized spacial score (nSPS) is 15.7. The number of ketones is 1. The van der Waals surface area contributed by atoms with Gasteiger partial charge in [0.15, 0.2) is 5.78 Å². The Morgan fingerprint density at radius 2 is 1.92 bits per heavy atom. The Morgan fingerprint density at radius 1 is 1.15 bits per heavy atom. The van der Waals surface area contributed by atoms with Gasteiger partial charge < -0.3 is 10.1 Å². The van der Waals surface area contributed by atoms with E-state index in [0.717, 1.165) is 34.5 Å². The number of hydrogen-bond acceptors (Lipinski definition) is 3. The van der Waals surface area contributed by atoms with Gasteiger partial charge in [0.1, 0.15) is 5.75 Å². The van der Waals surface area contributed by atoms with Gasteiger partial charge in [0, 0.05) is 35.9 Å². The number of nitrogens with one attached hydrogen (secondary N) is 1. The number of Topliss-reactive ketones (excluding diaryl/α,β-unsaturated/α-hetero) is 1. The van der Waals surface area contributed by atoms with Crippen LogP contribution in [0.25, 0.3) is 11.3 Å². The first-order valence-electron chi connectivity index (χ1n) is 8.89. The minimum Gasteiger partial charge on any atom is -0.506 e. The fourth-order valence-corrected chi connectivity index (χ4v) is 3.93. The van der Waals surface area contributed by atoms with Crippen molar-refractivity contribution in [2.75, 3.05) is 0 Å². The van der Waals surface area contributed by atoms with E-state index in [0.29, 0.717) is 18.4 Å². The van der Waals surface area contributed by atoms with Crippen LogP contribution in [0.3, 0.4) is 0 Å². The smallest absolute Gasteiger partial charge is 0.165 e. The van der Waals surface area contributed by atoms with E-state index < -0.39 is 0 Å². The van der Waals surface area contributed by atoms with Gasteiger partial charge in [0.05, 0.1) is 11.9 Å². The maximum absolute atomic E-state index is 12.9. The average Bonchev–Trinajstić information content (AvgIpc) is 2.93. The second-order valence-corrected chi connectivity index (χ2v) is 7.83. The maximum Gasteiger partial charge on any atom is 0.165 e. The van der Waals surface area contributed by atoms with E-state index in [1.54, 1.807) is 12.3 Å². The van der Waals surface area contributed by atoms with Crippen molar-refractivity contribution in [3.8, 4) is 17.0 Å². The summed E-state index contributed by atoms with van der Waals surface area (Å²) < 4.78 is 0. The molecule has 1 aromatic carbocycles. The molecular weight excluding hydrogens is 324 g/mol. The number of rotatable bonds is 3. The van der Waals surface area contributed by atoms with Crippen molar-refractivity contribution >= 4 is 5.78 Å². The number of aromatic hydroxyl groups is 1. The summed E-state index contributed by atoms with van der Waals surface area (Å²) in [5.74, 6) is 0.297. The highest BCUT2D eigenvalue weighted by Gasteiger charge is 2.35. The highest BCUT2D eigenvalue weighted by molar-refractivity contribution is 6.02. The first-order chi connectivity index (χ1) is 12.4. The van der Waals surface area contributed by atoms with Crippen LogP contribution in [-0.2, 0) is 12.8 Å². The molecule has 2 aromatic heterocycles. The lowest BCUT2D eigenvalue weighted by molar-refractivity contribution is 0.0911. The van der Waals surface area contributed by atoms with Crippen molar-refractivity contribution in [3.63, 3.8) is 0 Å². The molecule has 0 radical (unpaired) electrons. The molecule has 0 bridgehead atoms. The summed E-state index contributed by atoms with van der Waals surface area (Å²) in [6, 6.07) is 11.9. The molecule has 0 atom stereocenters. The fourth-order valence-electron chi connectivity index (χ4n) is 3.93. The summed E-state index contributed by atoms with van der Waals surface area (Å²) in [7, 11) is 0. The molecule has 0 fully saturated rings. The molecule has 132 valence electrons. The van der Waals surface area contributed by atoms with E-state index in [9.17, 15) is 9.90 Å². The molecule has 26 heavy (non-hydrogen) atoms. The molecular formula is C22H22N2O2. The number of aromatic nitrogens is 2. The Morgan fingerprint density at radius 3 is 2.65 bits per heavy atom. The van der Waals surface area contributed by atoms with Crippen molar-refractivity contribution in [3.05, 3.63) is 71.2 Å². The van der Waals surface area contributed by atoms with Gasteiger partial charge in [0.25, 0.3) is 0 Å². The Kier molecular flexibility index (Phi) is 3.91. The summed E-state index contributed by atoms with van der Waals surface area (Å²) in [5.41, 5.74) is 5.34. The average molecular weight is 346 g/mol. The van der Waals surface area contributed by atoms with E-state index in [2.05, 4.69) is 35.9 Å². The van der Waals surface area contributed by atoms with Gasteiger partial charge in [-0.05, 0) is 29.0 Å². The molecule has 0 saturated heterocycles. The van der Waals surface area contributed by atoms with Crippen LogP contribution in [0, 0.1) is 5.41 Å². The first kappa shape index (κ1) is 16.6. The quantitative estimate of drug-likeness (QED) is 0.732. The standard InChI is InChI=1S/C22H22N2O2/c1-22(2)11-17-20(18(25)12-22)16(10-14-6-4-3-5-7-14)21(24-17)15-8-9-23-13-19(15)26/h3-9,13,24,26H,10-12H2,1-2H3. The van der Waals surface area contributed by atoms with Crippen molar-refractivity contribution in [1.82, 2.24) is 9.97 Å². The van der Waals surface area contributed by atoms with Gasteiger partial charge in [-0.2, -0.15) is 0 Å². The lowest BCUT2D eigenvalue weighted by Gasteiger charge is -2.28. The third kappa shape index (κ3) is 2.92. The number of pyridine rings is 1. The van der Waals surface area contributed by atoms with E-state index in [1.807, 2.05) is 18.2 Å². The molecule has 3 aromatic rings. The first-order valence-corrected chi connectivity index (χ1v) is 8.89. The number of carbonyl (C=O) groups is 1. The highest BCUT2D eigenvalue weighted by Crippen LogP contribution is 2.41. The fraction of sp³-hybridized carbons (Fsp3) is 0.273. The van der Waals surface area contributed by atoms with Crippen LogP contribution in [0.2, 0.25) is 0 Å². The lowest BCUT2D eigenvalue weighted by atomic mass is 9.75. The van der Waals surface area contributed by atoms with Crippen LogP contribution >= 0.6 is 0 Å². The zero-order valence-corrected chi connectivity index (χ0v) is 15.0. The van der Waals surface area contributed by atoms with Crippen LogP contribution in [0.5, 0.6) is 5.75 Å². The Hall–Kier alpha value is -2.88. The number of benzene rings is 1. The van der Waals surface area contributed by atoms with Gasteiger partial charge in [-0.3, -0.25) is 9.78 Å². The van der Waals surface area contributed by atoms with Crippen LogP contribution in [0.15, 0.2) is 48.8 Å². The molecule has 4 heteroatoms. The topological polar surface area (TPSA) is 66.0 Å². The van der Waals surface area contributed by atoms with Crippen molar-refractivity contribution in [1.29, 1.82) is 0 Å². The largest absolute Gasteiger partial charge is 0.506 e. The predicted molar refractivity (Wildman–Crippen MR) is 101 cm³/mol. The zero-order valence-electron chi connectivity index (χ0n) is 15.0. The number of fused-ring (bicyclic) bond motifs is 1. The van der Waals surface area contributed by atoms with Gasteiger partial charge in [-0.15, -0.1) is 0 Å². The molecule has 0 aliphatic heterocycles. The third-order valence-corrected chi connectivity index (χ3v) is 5.05. The van der Waals surface area contributed by atoms with Gasteiger partial charge in [-0.1, -0.05) is 44.2 Å². The second-order valence-electron chi connectivity index (χ2n) is 7.83. The predicted octanol–water partition coefficient (Wildman–Crippen LogP) is 4.53. The monoisotopic (exact) mass is 346 g/mol. The van der Waals surface area contributed by atoms with Crippen molar-refractivity contribution in [2.45, 2.75) is 33.1 Å². The summed E-state index contributed by atoms with van der Waals surface area (Å²) in [6.07, 6.45) is 5.11. The number of hydrogen-bond donors (Lipinski definition) is 2. The molecule has 4 nitrogen and oxygen atoms in total. The molecule has 0 amide bonds. The summed E-state index contributed by atoms with van der Waals surface area (Å²) in [5, 5.41) is 10.3. The zero-order chi connectivity index (χ0) is 18.3. The minimum atomic E-state index is -0.0590. The Labute approximate surface area is 152 Å². The number of carbonyl (C=O) groups excluding carboxylic acids is 1. The Bertz CT molecular complexity index is 971. The van der Waals surface area contributed by atoms with Crippen LogP contribution in [0.1, 0.15) is 47.4 Å². The molecule has 0 spiro atoms. The molecule has 2 N–H and O–H groups in total. The minimum absolute atomic E-state index is 0.0590. The maximum atomic E-state index is 12.9. The van der Waals surface area contributed by atoms with Gasteiger partial charge in [0.2, 0.25) is 0 Å². The van der Waals surface area contributed by atoms with E-state index >= 15 is 0 Å². The molecule has 0 saturated carbocycles. The van der Waals surface area contributed by atoms with Crippen LogP contribution in [0.4, 0.5) is 0 Å². The summed E-state index contributed by atoms with van der Waals surface area (Å²) in [6.45, 7) is 4.24. The van der Waals surface area contributed by atoms with Crippen molar-refractivity contribution < 1.29 is 9.90 Å². The number of H-pyrrole nitrogens is 1. The Balaban J connectivity index is 1.91. The summed E-state index contributed by atoms with van der Waals surface area (Å²) in [4.78, 5) is 20.4. The third-order valence-electron chi connectivity index (χ3n) is 5.05. The van der Waals surface area contributed by atoms with Crippen molar-refractivity contribution in [2.24, 2.45) is 5.41 Å². The second kappa shape index (κ2) is 6.13. The molecule has 4 rings (SSSR count). The lowest BCUT2D eigenvalue weighted by Crippen LogP contribution is -2.27. The van der Waals surface area contributed by atoms with Gasteiger partial charge in [-0.25, -0.2) is 0 Å². The summed E-state index contributed by atoms with van der Waals surface area (Å²) >= 11 is 0. The van der Waals surface area contributed by atoms with E-state index in [4.69, 9.17) is 0 Å². The van der Waals surface area contributed by atoms with E-state index in [1.165, 1.54) is 6.20 Å². The molecule has 1 aliphatic carbocycles. The molecule has 0 unspecified atom stereocenters. The SMILES string of the molecule is CC1(C)CC(=O)c2c([nH]c(-c3ccncc3O)c2Cc2ccccc2)C1. The van der Waals surface area contributed by atoms with E-state index in [-0.39, 0.29) is 16.9 Å². The molecule has 1 aliphatic rings. The van der Waals surface area contributed by atoms with Crippen LogP contribution in [-0.4, -0.2) is 20.9 Å². The number of aromatic amines is 1.